The Kier molecular flexibility index (Phi) is 6.22. The second-order valence-corrected chi connectivity index (χ2v) is 8.78. The number of aryl methyl sites for hydroxylation is 1. The third-order valence-corrected chi connectivity index (χ3v) is 6.51. The summed E-state index contributed by atoms with van der Waals surface area (Å²) in [4.78, 5) is 16.3. The van der Waals surface area contributed by atoms with Crippen LogP contribution in [0, 0.1) is 0 Å². The first-order valence-electron chi connectivity index (χ1n) is 9.16. The van der Waals surface area contributed by atoms with Gasteiger partial charge in [0.2, 0.25) is 15.9 Å². The number of benzene rings is 1. The topological polar surface area (TPSA) is 97.2 Å². The van der Waals surface area contributed by atoms with Gasteiger partial charge in [0.15, 0.2) is 0 Å². The van der Waals surface area contributed by atoms with Crippen molar-refractivity contribution in [3.05, 3.63) is 42.5 Å². The van der Waals surface area contributed by atoms with Crippen molar-refractivity contribution in [1.29, 1.82) is 0 Å². The number of nitrogens with zero attached hydrogens (tertiary/aromatic N) is 4. The zero-order chi connectivity index (χ0) is 19.3. The molecule has 1 aromatic heterocycles. The van der Waals surface area contributed by atoms with Crippen LogP contribution in [0.4, 0.5) is 0 Å². The van der Waals surface area contributed by atoms with E-state index in [4.69, 9.17) is 0 Å². The number of amides is 1. The van der Waals surface area contributed by atoms with E-state index in [-0.39, 0.29) is 11.9 Å². The molecule has 27 heavy (non-hydrogen) atoms. The molecule has 1 aromatic carbocycles. The minimum absolute atomic E-state index is 0.0450. The summed E-state index contributed by atoms with van der Waals surface area (Å²) in [5.74, 6) is -0.0450. The first-order chi connectivity index (χ1) is 12.9. The molecule has 0 aliphatic carbocycles. The molecule has 1 N–H and O–H groups in total. The molecule has 8 nitrogen and oxygen atoms in total. The Morgan fingerprint density at radius 2 is 1.93 bits per heavy atom. The third kappa shape index (κ3) is 5.14. The van der Waals surface area contributed by atoms with E-state index < -0.39 is 10.0 Å². The summed E-state index contributed by atoms with van der Waals surface area (Å²) >= 11 is 0. The Balaban J connectivity index is 1.49. The van der Waals surface area contributed by atoms with Crippen LogP contribution in [0.3, 0.4) is 0 Å². The zero-order valence-corrected chi connectivity index (χ0v) is 16.2. The molecule has 9 heteroatoms. The van der Waals surface area contributed by atoms with E-state index >= 15 is 0 Å². The summed E-state index contributed by atoms with van der Waals surface area (Å²) in [5, 5.41) is 6.95. The van der Waals surface area contributed by atoms with Gasteiger partial charge in [0, 0.05) is 25.6 Å². The van der Waals surface area contributed by atoms with E-state index in [1.54, 1.807) is 35.3 Å². The highest BCUT2D eigenvalue weighted by atomic mass is 32.2. The van der Waals surface area contributed by atoms with Crippen molar-refractivity contribution in [2.75, 3.05) is 13.1 Å². The number of nitrogens with one attached hydrogen (secondary N) is 1. The smallest absolute Gasteiger partial charge is 0.243 e. The molecule has 1 fully saturated rings. The summed E-state index contributed by atoms with van der Waals surface area (Å²) < 4.78 is 28.2. The molecular weight excluding hydrogens is 366 g/mol. The van der Waals surface area contributed by atoms with Crippen molar-refractivity contribution in [2.24, 2.45) is 0 Å². The van der Waals surface area contributed by atoms with Crippen LogP contribution in [0.15, 0.2) is 41.8 Å². The molecule has 1 unspecified atom stereocenters. The molecule has 0 saturated carbocycles. The molecule has 0 radical (unpaired) electrons. The van der Waals surface area contributed by atoms with Gasteiger partial charge < -0.3 is 5.32 Å². The van der Waals surface area contributed by atoms with Gasteiger partial charge >= 0.3 is 0 Å². The predicted octanol–water partition coefficient (Wildman–Crippen LogP) is 1.20. The lowest BCUT2D eigenvalue weighted by Gasteiger charge is -2.16. The van der Waals surface area contributed by atoms with E-state index in [1.807, 2.05) is 6.92 Å². The fraction of sp³-hybridized carbons (Fsp3) is 0.500. The fourth-order valence-electron chi connectivity index (χ4n) is 3.16. The number of sulfonamides is 1. The quantitative estimate of drug-likeness (QED) is 0.729. The van der Waals surface area contributed by atoms with Gasteiger partial charge in [-0.1, -0.05) is 12.1 Å². The molecule has 0 bridgehead atoms. The lowest BCUT2D eigenvalue weighted by Crippen LogP contribution is -2.35. The molecule has 2 aromatic rings. The standard InChI is InChI=1S/C18H25N5O3S/c1-15(12-22-14-19-13-20-22)21-18(24)9-6-16-4-7-17(8-5-16)27(25,26)23-10-2-3-11-23/h4-5,7-8,13-15H,2-3,6,9-12H2,1H3,(H,21,24). The first-order valence-corrected chi connectivity index (χ1v) is 10.6. The van der Waals surface area contributed by atoms with Gasteiger partial charge in [-0.3, -0.25) is 9.48 Å². The number of hydrogen-bond acceptors (Lipinski definition) is 5. The van der Waals surface area contributed by atoms with Crippen molar-refractivity contribution in [2.45, 2.75) is 50.1 Å². The second kappa shape index (κ2) is 8.62. The normalized spacial score (nSPS) is 16.3. The minimum atomic E-state index is -3.39. The number of carbonyl (C=O) groups excluding carboxylic acids is 1. The molecule has 2 heterocycles. The third-order valence-electron chi connectivity index (χ3n) is 4.60. The Labute approximate surface area is 159 Å². The fourth-order valence-corrected chi connectivity index (χ4v) is 4.68. The maximum atomic E-state index is 12.5. The van der Waals surface area contributed by atoms with Crippen LogP contribution in [0.2, 0.25) is 0 Å². The van der Waals surface area contributed by atoms with Gasteiger partial charge in [-0.05, 0) is 43.9 Å². The molecule has 146 valence electrons. The Bertz CT molecular complexity index is 844. The Morgan fingerprint density at radius 3 is 2.56 bits per heavy atom. The molecule has 1 aliphatic rings. The van der Waals surface area contributed by atoms with Crippen molar-refractivity contribution >= 4 is 15.9 Å². The van der Waals surface area contributed by atoms with Crippen LogP contribution in [-0.2, 0) is 27.8 Å². The SMILES string of the molecule is CC(Cn1cncn1)NC(=O)CCc1ccc(S(=O)(=O)N2CCCC2)cc1. The molecule has 1 amide bonds. The summed E-state index contributed by atoms with van der Waals surface area (Å²) in [6.45, 7) is 3.67. The number of carbonyl (C=O) groups is 1. The highest BCUT2D eigenvalue weighted by molar-refractivity contribution is 7.89. The van der Waals surface area contributed by atoms with Crippen molar-refractivity contribution in [3.8, 4) is 0 Å². The summed E-state index contributed by atoms with van der Waals surface area (Å²) in [6.07, 6.45) is 5.82. The lowest BCUT2D eigenvalue weighted by atomic mass is 10.1. The average Bonchev–Trinajstić information content (AvgIpc) is 3.34. The number of aromatic nitrogens is 3. The molecule has 0 spiro atoms. The number of hydrogen-bond donors (Lipinski definition) is 1. The number of rotatable bonds is 8. The maximum Gasteiger partial charge on any atom is 0.243 e. The molecular formula is C18H25N5O3S. The first kappa shape index (κ1) is 19.5. The minimum Gasteiger partial charge on any atom is -0.352 e. The van der Waals surface area contributed by atoms with Gasteiger partial charge in [0.05, 0.1) is 11.4 Å². The maximum absolute atomic E-state index is 12.5. The van der Waals surface area contributed by atoms with E-state index in [0.29, 0.717) is 37.4 Å². The van der Waals surface area contributed by atoms with E-state index in [1.165, 1.54) is 10.6 Å². The van der Waals surface area contributed by atoms with Gasteiger partial charge in [-0.2, -0.15) is 9.40 Å². The van der Waals surface area contributed by atoms with Crippen molar-refractivity contribution < 1.29 is 13.2 Å². The van der Waals surface area contributed by atoms with Crippen LogP contribution in [0.25, 0.3) is 0 Å². The summed E-state index contributed by atoms with van der Waals surface area (Å²) in [5.41, 5.74) is 0.939. The van der Waals surface area contributed by atoms with Crippen LogP contribution < -0.4 is 5.32 Å². The summed E-state index contributed by atoms with van der Waals surface area (Å²) in [6, 6.07) is 6.79. The lowest BCUT2D eigenvalue weighted by molar-refractivity contribution is -0.121. The van der Waals surface area contributed by atoms with Crippen LogP contribution in [0.1, 0.15) is 31.7 Å². The highest BCUT2D eigenvalue weighted by Gasteiger charge is 2.26. The van der Waals surface area contributed by atoms with Crippen molar-refractivity contribution in [3.63, 3.8) is 0 Å². The van der Waals surface area contributed by atoms with Crippen LogP contribution in [0.5, 0.6) is 0 Å². The molecule has 1 saturated heterocycles. The van der Waals surface area contributed by atoms with Crippen LogP contribution >= 0.6 is 0 Å². The average molecular weight is 391 g/mol. The highest BCUT2D eigenvalue weighted by Crippen LogP contribution is 2.21. The van der Waals surface area contributed by atoms with Gasteiger partial charge in [0.1, 0.15) is 12.7 Å². The van der Waals surface area contributed by atoms with E-state index in [2.05, 4.69) is 15.4 Å². The Morgan fingerprint density at radius 1 is 1.22 bits per heavy atom. The molecule has 1 aliphatic heterocycles. The Hall–Kier alpha value is -2.26. The summed E-state index contributed by atoms with van der Waals surface area (Å²) in [7, 11) is -3.39. The predicted molar refractivity (Wildman–Crippen MR) is 100 cm³/mol. The van der Waals surface area contributed by atoms with Gasteiger partial charge in [-0.25, -0.2) is 13.4 Å². The van der Waals surface area contributed by atoms with Gasteiger partial charge in [-0.15, -0.1) is 0 Å². The largest absolute Gasteiger partial charge is 0.352 e. The van der Waals surface area contributed by atoms with Crippen molar-refractivity contribution in [1.82, 2.24) is 24.4 Å². The molecule has 1 atom stereocenters. The van der Waals surface area contributed by atoms with E-state index in [0.717, 1.165) is 18.4 Å². The van der Waals surface area contributed by atoms with E-state index in [9.17, 15) is 13.2 Å². The molecule has 3 rings (SSSR count). The van der Waals surface area contributed by atoms with Gasteiger partial charge in [0.25, 0.3) is 0 Å². The monoisotopic (exact) mass is 391 g/mol. The second-order valence-electron chi connectivity index (χ2n) is 6.84. The van der Waals surface area contributed by atoms with Crippen LogP contribution in [-0.4, -0.2) is 52.5 Å². The zero-order valence-electron chi connectivity index (χ0n) is 15.4.